The number of anilines is 1. The number of carbonyl (C=O) groups is 2. The molecule has 20 heavy (non-hydrogen) atoms. The second-order valence-electron chi connectivity index (χ2n) is 4.63. The smallest absolute Gasteiger partial charge is 0.243 e. The molecular formula is C14H17ClN2O3. The van der Waals surface area contributed by atoms with Crippen LogP contribution in [-0.4, -0.2) is 31.6 Å². The van der Waals surface area contributed by atoms with E-state index in [9.17, 15) is 9.59 Å². The monoisotopic (exact) mass is 296 g/mol. The van der Waals surface area contributed by atoms with E-state index in [0.717, 1.165) is 0 Å². The Morgan fingerprint density at radius 1 is 1.25 bits per heavy atom. The quantitative estimate of drug-likeness (QED) is 0.890. The first-order valence-corrected chi connectivity index (χ1v) is 6.94. The van der Waals surface area contributed by atoms with E-state index >= 15 is 0 Å². The minimum atomic E-state index is -0.293. The lowest BCUT2D eigenvalue weighted by Gasteiger charge is -2.21. The van der Waals surface area contributed by atoms with E-state index in [1.807, 2.05) is 0 Å². The van der Waals surface area contributed by atoms with Crippen LogP contribution >= 0.6 is 11.6 Å². The molecule has 2 N–H and O–H groups in total. The molecule has 1 aromatic rings. The van der Waals surface area contributed by atoms with Crippen LogP contribution in [0.2, 0.25) is 5.02 Å². The number of halogens is 1. The van der Waals surface area contributed by atoms with E-state index in [2.05, 4.69) is 10.6 Å². The number of hydrogen-bond donors (Lipinski definition) is 2. The molecule has 0 atom stereocenters. The molecule has 108 valence electrons. The number of ether oxygens (including phenoxy) is 1. The fourth-order valence-electron chi connectivity index (χ4n) is 2.03. The Labute approximate surface area is 122 Å². The second kappa shape index (κ2) is 7.26. The first kappa shape index (κ1) is 14.8. The SMILES string of the molecule is O=C(CNC(=O)C1CCOCC1)Nc1ccccc1Cl. The van der Waals surface area contributed by atoms with Gasteiger partial charge in [0.15, 0.2) is 0 Å². The summed E-state index contributed by atoms with van der Waals surface area (Å²) in [5.41, 5.74) is 0.541. The Bertz CT molecular complexity index is 487. The minimum absolute atomic E-state index is 0.0542. The molecule has 0 bridgehead atoms. The maximum atomic E-state index is 11.8. The topological polar surface area (TPSA) is 67.4 Å². The van der Waals surface area contributed by atoms with Gasteiger partial charge in [0, 0.05) is 19.1 Å². The van der Waals surface area contributed by atoms with Crippen molar-refractivity contribution in [2.24, 2.45) is 5.92 Å². The van der Waals surface area contributed by atoms with Crippen molar-refractivity contribution < 1.29 is 14.3 Å². The van der Waals surface area contributed by atoms with E-state index in [1.165, 1.54) is 0 Å². The molecule has 0 saturated carbocycles. The fraction of sp³-hybridized carbons (Fsp3) is 0.429. The Hall–Kier alpha value is -1.59. The third-order valence-corrected chi connectivity index (χ3v) is 3.49. The van der Waals surface area contributed by atoms with Crippen LogP contribution in [0.5, 0.6) is 0 Å². The van der Waals surface area contributed by atoms with Crippen molar-refractivity contribution in [3.8, 4) is 0 Å². The number of hydrogen-bond acceptors (Lipinski definition) is 3. The Kier molecular flexibility index (Phi) is 5.38. The lowest BCUT2D eigenvalue weighted by atomic mass is 9.99. The van der Waals surface area contributed by atoms with Gasteiger partial charge in [-0.05, 0) is 25.0 Å². The summed E-state index contributed by atoms with van der Waals surface area (Å²) in [6.45, 7) is 1.15. The van der Waals surface area contributed by atoms with Crippen LogP contribution in [0, 0.1) is 5.92 Å². The number of benzene rings is 1. The molecule has 2 amide bonds. The molecule has 0 unspecified atom stereocenters. The third-order valence-electron chi connectivity index (χ3n) is 3.16. The van der Waals surface area contributed by atoms with Gasteiger partial charge < -0.3 is 15.4 Å². The van der Waals surface area contributed by atoms with Crippen LogP contribution in [-0.2, 0) is 14.3 Å². The summed E-state index contributed by atoms with van der Waals surface area (Å²) in [7, 11) is 0. The van der Waals surface area contributed by atoms with Gasteiger partial charge in [0.1, 0.15) is 0 Å². The molecule has 0 aromatic heterocycles. The zero-order valence-corrected chi connectivity index (χ0v) is 11.8. The number of carbonyl (C=O) groups excluding carboxylic acids is 2. The zero-order valence-electron chi connectivity index (χ0n) is 11.0. The largest absolute Gasteiger partial charge is 0.381 e. The van der Waals surface area contributed by atoms with E-state index in [0.29, 0.717) is 36.8 Å². The van der Waals surface area contributed by atoms with Crippen molar-refractivity contribution in [2.75, 3.05) is 25.1 Å². The fourth-order valence-corrected chi connectivity index (χ4v) is 2.21. The predicted molar refractivity (Wildman–Crippen MR) is 76.6 cm³/mol. The summed E-state index contributed by atoms with van der Waals surface area (Å²) in [5.74, 6) is -0.446. The van der Waals surface area contributed by atoms with E-state index in [1.54, 1.807) is 24.3 Å². The highest BCUT2D eigenvalue weighted by atomic mass is 35.5. The van der Waals surface area contributed by atoms with Crippen molar-refractivity contribution in [1.82, 2.24) is 5.32 Å². The van der Waals surface area contributed by atoms with Crippen molar-refractivity contribution in [3.63, 3.8) is 0 Å². The van der Waals surface area contributed by atoms with Gasteiger partial charge >= 0.3 is 0 Å². The van der Waals surface area contributed by atoms with Crippen LogP contribution in [0.1, 0.15) is 12.8 Å². The number of para-hydroxylation sites is 1. The highest BCUT2D eigenvalue weighted by molar-refractivity contribution is 6.33. The highest BCUT2D eigenvalue weighted by Crippen LogP contribution is 2.20. The van der Waals surface area contributed by atoms with Crippen LogP contribution in [0.4, 0.5) is 5.69 Å². The van der Waals surface area contributed by atoms with Crippen LogP contribution in [0.3, 0.4) is 0 Å². The second-order valence-corrected chi connectivity index (χ2v) is 5.04. The summed E-state index contributed by atoms with van der Waals surface area (Å²) in [6.07, 6.45) is 1.41. The first-order valence-electron chi connectivity index (χ1n) is 6.56. The van der Waals surface area contributed by atoms with E-state index in [4.69, 9.17) is 16.3 Å². The first-order chi connectivity index (χ1) is 9.66. The van der Waals surface area contributed by atoms with Gasteiger partial charge in [0.05, 0.1) is 17.3 Å². The normalized spacial score (nSPS) is 15.7. The molecule has 1 aliphatic rings. The van der Waals surface area contributed by atoms with Gasteiger partial charge in [-0.15, -0.1) is 0 Å². The highest BCUT2D eigenvalue weighted by Gasteiger charge is 2.21. The molecule has 6 heteroatoms. The summed E-state index contributed by atoms with van der Waals surface area (Å²) >= 11 is 5.94. The third kappa shape index (κ3) is 4.21. The van der Waals surface area contributed by atoms with E-state index in [-0.39, 0.29) is 24.3 Å². The lowest BCUT2D eigenvalue weighted by molar-refractivity contribution is -0.129. The average Bonchev–Trinajstić information content (AvgIpc) is 2.48. The number of rotatable bonds is 4. The van der Waals surface area contributed by atoms with Crippen LogP contribution in [0.15, 0.2) is 24.3 Å². The predicted octanol–water partition coefficient (Wildman–Crippen LogP) is 1.82. The molecule has 1 aliphatic heterocycles. The van der Waals surface area contributed by atoms with Crippen LogP contribution < -0.4 is 10.6 Å². The van der Waals surface area contributed by atoms with Crippen molar-refractivity contribution >= 4 is 29.1 Å². The van der Waals surface area contributed by atoms with Gasteiger partial charge in [0.2, 0.25) is 11.8 Å². The van der Waals surface area contributed by atoms with Crippen molar-refractivity contribution in [1.29, 1.82) is 0 Å². The molecule has 0 aliphatic carbocycles. The van der Waals surface area contributed by atoms with Gasteiger partial charge in [-0.2, -0.15) is 0 Å². The Morgan fingerprint density at radius 2 is 1.95 bits per heavy atom. The molecule has 0 radical (unpaired) electrons. The Balaban J connectivity index is 1.77. The van der Waals surface area contributed by atoms with Gasteiger partial charge in [-0.25, -0.2) is 0 Å². The molecule has 5 nitrogen and oxygen atoms in total. The van der Waals surface area contributed by atoms with Gasteiger partial charge in [0.25, 0.3) is 0 Å². The van der Waals surface area contributed by atoms with E-state index < -0.39 is 0 Å². The molecule has 1 saturated heterocycles. The molecule has 0 spiro atoms. The molecule has 2 rings (SSSR count). The summed E-state index contributed by atoms with van der Waals surface area (Å²) in [5, 5.41) is 5.77. The molecular weight excluding hydrogens is 280 g/mol. The summed E-state index contributed by atoms with van der Waals surface area (Å²) in [6, 6.07) is 6.96. The number of amides is 2. The van der Waals surface area contributed by atoms with Crippen LogP contribution in [0.25, 0.3) is 0 Å². The van der Waals surface area contributed by atoms with Crippen molar-refractivity contribution in [3.05, 3.63) is 29.3 Å². The summed E-state index contributed by atoms with van der Waals surface area (Å²) in [4.78, 5) is 23.6. The maximum absolute atomic E-state index is 11.8. The molecule has 1 heterocycles. The average molecular weight is 297 g/mol. The lowest BCUT2D eigenvalue weighted by Crippen LogP contribution is -2.38. The minimum Gasteiger partial charge on any atom is -0.381 e. The number of nitrogens with one attached hydrogen (secondary N) is 2. The van der Waals surface area contributed by atoms with Gasteiger partial charge in [-0.1, -0.05) is 23.7 Å². The zero-order chi connectivity index (χ0) is 14.4. The van der Waals surface area contributed by atoms with Crippen molar-refractivity contribution in [2.45, 2.75) is 12.8 Å². The standard InChI is InChI=1S/C14H17ClN2O3/c15-11-3-1-2-4-12(11)17-13(18)9-16-14(19)10-5-7-20-8-6-10/h1-4,10H,5-9H2,(H,16,19)(H,17,18). The summed E-state index contributed by atoms with van der Waals surface area (Å²) < 4.78 is 5.19. The van der Waals surface area contributed by atoms with Gasteiger partial charge in [-0.3, -0.25) is 9.59 Å². The molecule has 1 aromatic carbocycles. The molecule has 1 fully saturated rings. The Morgan fingerprint density at radius 3 is 2.65 bits per heavy atom. The maximum Gasteiger partial charge on any atom is 0.243 e.